The minimum atomic E-state index is -4.36. The average Bonchev–Trinajstić information content (AvgIpc) is 2.34. The highest BCUT2D eigenvalue weighted by Crippen LogP contribution is 2.31. The smallest absolute Gasteiger partial charge is 0.348 e. The van der Waals surface area contributed by atoms with E-state index in [1.165, 1.54) is 12.1 Å². The molecular weight excluding hydrogens is 269 g/mol. The molecule has 0 aromatic heterocycles. The summed E-state index contributed by atoms with van der Waals surface area (Å²) < 4.78 is 37.5. The zero-order valence-electron chi connectivity index (χ0n) is 11.7. The van der Waals surface area contributed by atoms with Crippen LogP contribution in [0.4, 0.5) is 13.2 Å². The molecule has 0 fully saturated rings. The molecule has 0 heterocycles. The Bertz CT molecular complexity index is 452. The summed E-state index contributed by atoms with van der Waals surface area (Å²) in [5, 5.41) is 2.75. The SMILES string of the molecule is CC(N)C(=O)NC(c1ccc(C(F)(F)F)cc1)C(C)C. The van der Waals surface area contributed by atoms with Crippen LogP contribution in [0.3, 0.4) is 0 Å². The molecule has 1 aromatic carbocycles. The van der Waals surface area contributed by atoms with Gasteiger partial charge >= 0.3 is 6.18 Å². The molecule has 20 heavy (non-hydrogen) atoms. The van der Waals surface area contributed by atoms with Crippen LogP contribution in [-0.4, -0.2) is 11.9 Å². The van der Waals surface area contributed by atoms with E-state index in [2.05, 4.69) is 5.32 Å². The Hall–Kier alpha value is -1.56. The largest absolute Gasteiger partial charge is 0.416 e. The first-order valence-corrected chi connectivity index (χ1v) is 6.36. The van der Waals surface area contributed by atoms with Crippen LogP contribution < -0.4 is 11.1 Å². The van der Waals surface area contributed by atoms with Crippen LogP contribution in [-0.2, 0) is 11.0 Å². The number of hydrogen-bond acceptors (Lipinski definition) is 2. The van der Waals surface area contributed by atoms with Crippen LogP contribution in [0.2, 0.25) is 0 Å². The van der Waals surface area contributed by atoms with Crippen LogP contribution in [0.15, 0.2) is 24.3 Å². The lowest BCUT2D eigenvalue weighted by Crippen LogP contribution is -2.41. The first-order valence-electron chi connectivity index (χ1n) is 6.36. The van der Waals surface area contributed by atoms with Gasteiger partial charge in [0.1, 0.15) is 0 Å². The third-order valence-corrected chi connectivity index (χ3v) is 2.98. The van der Waals surface area contributed by atoms with Crippen LogP contribution in [0.1, 0.15) is 37.9 Å². The Kier molecular flexibility index (Phi) is 5.16. The highest BCUT2D eigenvalue weighted by atomic mass is 19.4. The maximum Gasteiger partial charge on any atom is 0.416 e. The summed E-state index contributed by atoms with van der Waals surface area (Å²) in [6, 6.07) is 3.77. The minimum absolute atomic E-state index is 0.0365. The molecule has 2 unspecified atom stereocenters. The molecule has 1 rings (SSSR count). The molecule has 3 nitrogen and oxygen atoms in total. The maximum absolute atomic E-state index is 12.5. The topological polar surface area (TPSA) is 55.1 Å². The second-order valence-corrected chi connectivity index (χ2v) is 5.14. The van der Waals surface area contributed by atoms with E-state index >= 15 is 0 Å². The van der Waals surface area contributed by atoms with Crippen molar-refractivity contribution in [3.63, 3.8) is 0 Å². The van der Waals surface area contributed by atoms with Crippen molar-refractivity contribution in [1.29, 1.82) is 0 Å². The molecule has 0 aliphatic rings. The Balaban J connectivity index is 2.96. The molecule has 0 radical (unpaired) electrons. The van der Waals surface area contributed by atoms with Crippen molar-refractivity contribution in [1.82, 2.24) is 5.32 Å². The molecule has 0 bridgehead atoms. The van der Waals surface area contributed by atoms with Gasteiger partial charge in [0, 0.05) is 0 Å². The predicted octanol–water partition coefficient (Wildman–Crippen LogP) is 2.87. The number of nitrogens with one attached hydrogen (secondary N) is 1. The van der Waals surface area contributed by atoms with Gasteiger partial charge < -0.3 is 11.1 Å². The summed E-state index contributed by atoms with van der Waals surface area (Å²) in [4.78, 5) is 11.6. The van der Waals surface area contributed by atoms with Crippen LogP contribution in [0.5, 0.6) is 0 Å². The zero-order valence-corrected chi connectivity index (χ0v) is 11.7. The van der Waals surface area contributed by atoms with E-state index in [0.29, 0.717) is 5.56 Å². The van der Waals surface area contributed by atoms with Gasteiger partial charge in [0.2, 0.25) is 5.91 Å². The Morgan fingerprint density at radius 3 is 2.00 bits per heavy atom. The summed E-state index contributed by atoms with van der Waals surface area (Å²) in [7, 11) is 0. The number of alkyl halides is 3. The van der Waals surface area contributed by atoms with Crippen molar-refractivity contribution in [2.75, 3.05) is 0 Å². The van der Waals surface area contributed by atoms with Gasteiger partial charge in [-0.3, -0.25) is 4.79 Å². The lowest BCUT2D eigenvalue weighted by molar-refractivity contribution is -0.137. The average molecular weight is 288 g/mol. The van der Waals surface area contributed by atoms with Crippen molar-refractivity contribution >= 4 is 5.91 Å². The number of benzene rings is 1. The second-order valence-electron chi connectivity index (χ2n) is 5.14. The Labute approximate surface area is 116 Å². The molecule has 0 saturated carbocycles. The molecule has 0 saturated heterocycles. The summed E-state index contributed by atoms with van der Waals surface area (Å²) in [6.45, 7) is 5.31. The molecule has 112 valence electrons. The third-order valence-electron chi connectivity index (χ3n) is 2.98. The van der Waals surface area contributed by atoms with Crippen molar-refractivity contribution in [2.24, 2.45) is 11.7 Å². The first kappa shape index (κ1) is 16.5. The van der Waals surface area contributed by atoms with Crippen molar-refractivity contribution in [3.8, 4) is 0 Å². The monoisotopic (exact) mass is 288 g/mol. The Morgan fingerprint density at radius 1 is 1.15 bits per heavy atom. The maximum atomic E-state index is 12.5. The molecule has 6 heteroatoms. The van der Waals surface area contributed by atoms with Crippen molar-refractivity contribution < 1.29 is 18.0 Å². The van der Waals surface area contributed by atoms with Gasteiger partial charge in [-0.2, -0.15) is 13.2 Å². The van der Waals surface area contributed by atoms with Gasteiger partial charge in [-0.25, -0.2) is 0 Å². The zero-order chi connectivity index (χ0) is 15.5. The highest BCUT2D eigenvalue weighted by Gasteiger charge is 2.30. The van der Waals surface area contributed by atoms with Gasteiger partial charge in [-0.1, -0.05) is 26.0 Å². The van der Waals surface area contributed by atoms with Gasteiger partial charge in [-0.15, -0.1) is 0 Å². The number of carbonyl (C=O) groups is 1. The molecule has 1 aromatic rings. The van der Waals surface area contributed by atoms with Gasteiger partial charge in [-0.05, 0) is 30.5 Å². The number of amides is 1. The van der Waals surface area contributed by atoms with E-state index in [0.717, 1.165) is 12.1 Å². The van der Waals surface area contributed by atoms with E-state index < -0.39 is 17.8 Å². The van der Waals surface area contributed by atoms with E-state index in [9.17, 15) is 18.0 Å². The molecule has 0 spiro atoms. The lowest BCUT2D eigenvalue weighted by Gasteiger charge is -2.24. The lowest BCUT2D eigenvalue weighted by atomic mass is 9.95. The molecular formula is C14H19F3N2O. The van der Waals surface area contributed by atoms with E-state index in [4.69, 9.17) is 5.73 Å². The normalized spacial score (nSPS) is 15.0. The van der Waals surface area contributed by atoms with Crippen LogP contribution in [0.25, 0.3) is 0 Å². The minimum Gasteiger partial charge on any atom is -0.348 e. The quantitative estimate of drug-likeness (QED) is 0.895. The predicted molar refractivity (Wildman–Crippen MR) is 70.8 cm³/mol. The van der Waals surface area contributed by atoms with Gasteiger partial charge in [0.05, 0.1) is 17.6 Å². The van der Waals surface area contributed by atoms with E-state index in [-0.39, 0.29) is 17.9 Å². The van der Waals surface area contributed by atoms with Crippen LogP contribution >= 0.6 is 0 Å². The molecule has 0 aliphatic heterocycles. The first-order chi connectivity index (χ1) is 9.12. The Morgan fingerprint density at radius 2 is 1.65 bits per heavy atom. The molecule has 3 N–H and O–H groups in total. The van der Waals surface area contributed by atoms with E-state index in [1.807, 2.05) is 13.8 Å². The number of rotatable bonds is 4. The number of halogens is 3. The second kappa shape index (κ2) is 6.26. The highest BCUT2D eigenvalue weighted by molar-refractivity contribution is 5.81. The fourth-order valence-electron chi connectivity index (χ4n) is 1.80. The summed E-state index contributed by atoms with van der Waals surface area (Å²) >= 11 is 0. The summed E-state index contributed by atoms with van der Waals surface area (Å²) in [5.41, 5.74) is 5.40. The molecule has 2 atom stereocenters. The third kappa shape index (κ3) is 4.23. The number of hydrogen-bond donors (Lipinski definition) is 2. The van der Waals surface area contributed by atoms with Crippen LogP contribution in [0, 0.1) is 5.92 Å². The van der Waals surface area contributed by atoms with E-state index in [1.54, 1.807) is 6.92 Å². The summed E-state index contributed by atoms with van der Waals surface area (Å²) in [5.74, 6) is -0.293. The number of nitrogens with two attached hydrogens (primary N) is 1. The standard InChI is InChI=1S/C14H19F3N2O/c1-8(2)12(19-13(20)9(3)18)10-4-6-11(7-5-10)14(15,16)17/h4-9,12H,18H2,1-3H3,(H,19,20). The fourth-order valence-corrected chi connectivity index (χ4v) is 1.80. The molecule has 1 amide bonds. The van der Waals surface area contributed by atoms with Crippen molar-refractivity contribution in [3.05, 3.63) is 35.4 Å². The van der Waals surface area contributed by atoms with Gasteiger partial charge in [0.25, 0.3) is 0 Å². The molecule has 0 aliphatic carbocycles. The fraction of sp³-hybridized carbons (Fsp3) is 0.500. The summed E-state index contributed by atoms with van der Waals surface area (Å²) in [6.07, 6.45) is -4.36. The van der Waals surface area contributed by atoms with Gasteiger partial charge in [0.15, 0.2) is 0 Å². The van der Waals surface area contributed by atoms with Crippen molar-refractivity contribution in [2.45, 2.75) is 39.0 Å². The number of carbonyl (C=O) groups excluding carboxylic acids is 1.